The Hall–Kier alpha value is -3.10. The molecule has 0 fully saturated rings. The number of anilines is 1. The number of hydrogen-bond donors (Lipinski definition) is 1. The predicted octanol–water partition coefficient (Wildman–Crippen LogP) is 3.17. The smallest absolute Gasteiger partial charge is 0.410 e. The van der Waals surface area contributed by atoms with Gasteiger partial charge in [-0.25, -0.2) is 9.59 Å². The lowest BCUT2D eigenvalue weighted by Crippen LogP contribution is -2.43. The SMILES string of the molecule is CCOc1nc2cc(N)c(C(=O)C(C)N(C)C(=O)OC(C)(C)C)c(CC)c2c(=O)o1. The number of ether oxygens (including phenoxy) is 2. The van der Waals surface area contributed by atoms with E-state index in [1.807, 2.05) is 0 Å². The summed E-state index contributed by atoms with van der Waals surface area (Å²) in [4.78, 5) is 43.6. The fourth-order valence-electron chi connectivity index (χ4n) is 3.02. The number of nitrogen functional groups attached to an aromatic ring is 1. The number of Topliss-reactive ketones (excluding diaryl/α,β-unsaturated/α-hetero) is 1. The van der Waals surface area contributed by atoms with Crippen LogP contribution in [0.15, 0.2) is 15.3 Å². The molecule has 2 aromatic rings. The van der Waals surface area contributed by atoms with E-state index in [0.717, 1.165) is 0 Å². The van der Waals surface area contributed by atoms with Crippen LogP contribution in [0.25, 0.3) is 10.9 Å². The molecule has 0 aliphatic carbocycles. The summed E-state index contributed by atoms with van der Waals surface area (Å²) in [6.45, 7) is 10.6. The molecule has 164 valence electrons. The van der Waals surface area contributed by atoms with Crippen molar-refractivity contribution in [1.29, 1.82) is 0 Å². The van der Waals surface area contributed by atoms with E-state index in [1.54, 1.807) is 41.5 Å². The van der Waals surface area contributed by atoms with E-state index in [-0.39, 0.29) is 34.8 Å². The number of amides is 1. The number of rotatable bonds is 6. The molecule has 0 saturated heterocycles. The van der Waals surface area contributed by atoms with Crippen LogP contribution in [0.1, 0.15) is 57.5 Å². The molecular weight excluding hydrogens is 390 g/mol. The van der Waals surface area contributed by atoms with Gasteiger partial charge in [-0.2, -0.15) is 4.98 Å². The number of likely N-dealkylation sites (N-methyl/N-ethyl adjacent to an activating group) is 1. The van der Waals surface area contributed by atoms with Gasteiger partial charge in [0.25, 0.3) is 0 Å². The number of nitrogens with two attached hydrogens (primary N) is 1. The number of aryl methyl sites for hydroxylation is 1. The van der Waals surface area contributed by atoms with Gasteiger partial charge in [0.05, 0.1) is 23.6 Å². The van der Waals surface area contributed by atoms with Gasteiger partial charge in [-0.3, -0.25) is 4.79 Å². The van der Waals surface area contributed by atoms with Crippen LogP contribution >= 0.6 is 0 Å². The highest BCUT2D eigenvalue weighted by Crippen LogP contribution is 2.29. The van der Waals surface area contributed by atoms with Gasteiger partial charge in [0.15, 0.2) is 5.78 Å². The van der Waals surface area contributed by atoms with Crippen molar-refractivity contribution in [3.05, 3.63) is 27.6 Å². The van der Waals surface area contributed by atoms with Gasteiger partial charge in [0.1, 0.15) is 5.60 Å². The second-order valence-corrected chi connectivity index (χ2v) is 7.90. The Morgan fingerprint density at radius 3 is 2.47 bits per heavy atom. The van der Waals surface area contributed by atoms with E-state index >= 15 is 0 Å². The first-order chi connectivity index (χ1) is 13.9. The quantitative estimate of drug-likeness (QED) is 0.559. The lowest BCUT2D eigenvalue weighted by atomic mass is 9.93. The third-order valence-electron chi connectivity index (χ3n) is 4.55. The maximum Gasteiger partial charge on any atom is 0.410 e. The highest BCUT2D eigenvalue weighted by Gasteiger charge is 2.31. The number of nitrogens with zero attached hydrogens (tertiary/aromatic N) is 2. The Bertz CT molecular complexity index is 1020. The third kappa shape index (κ3) is 4.72. The Kier molecular flexibility index (Phi) is 6.74. The molecule has 0 radical (unpaired) electrons. The van der Waals surface area contributed by atoms with Gasteiger partial charge in [-0.1, -0.05) is 6.92 Å². The van der Waals surface area contributed by atoms with Crippen LogP contribution in [0, 0.1) is 0 Å². The van der Waals surface area contributed by atoms with Crippen LogP contribution in [0.2, 0.25) is 0 Å². The van der Waals surface area contributed by atoms with Crippen molar-refractivity contribution in [3.8, 4) is 6.08 Å². The molecule has 1 heterocycles. The lowest BCUT2D eigenvalue weighted by Gasteiger charge is -2.28. The zero-order valence-corrected chi connectivity index (χ0v) is 18.5. The zero-order valence-electron chi connectivity index (χ0n) is 18.5. The van der Waals surface area contributed by atoms with E-state index in [2.05, 4.69) is 4.98 Å². The number of aromatic nitrogens is 1. The average Bonchev–Trinajstić information content (AvgIpc) is 2.63. The Morgan fingerprint density at radius 1 is 1.30 bits per heavy atom. The minimum Gasteiger partial charge on any atom is -0.450 e. The number of ketones is 1. The molecule has 2 rings (SSSR count). The summed E-state index contributed by atoms with van der Waals surface area (Å²) < 4.78 is 15.6. The summed E-state index contributed by atoms with van der Waals surface area (Å²) in [6, 6.07) is 0.578. The molecule has 1 aromatic heterocycles. The van der Waals surface area contributed by atoms with E-state index in [0.29, 0.717) is 12.0 Å². The van der Waals surface area contributed by atoms with E-state index < -0.39 is 29.1 Å². The molecule has 1 atom stereocenters. The fourth-order valence-corrected chi connectivity index (χ4v) is 3.02. The summed E-state index contributed by atoms with van der Waals surface area (Å²) in [5.41, 5.74) is 5.86. The number of carbonyl (C=O) groups excluding carboxylic acids is 2. The summed E-state index contributed by atoms with van der Waals surface area (Å²) in [7, 11) is 1.48. The second-order valence-electron chi connectivity index (χ2n) is 7.90. The minimum absolute atomic E-state index is 0.159. The average molecular weight is 419 g/mol. The molecular formula is C21H29N3O6. The van der Waals surface area contributed by atoms with Crippen molar-refractivity contribution >= 4 is 28.5 Å². The predicted molar refractivity (Wildman–Crippen MR) is 113 cm³/mol. The Morgan fingerprint density at radius 2 is 1.93 bits per heavy atom. The van der Waals surface area contributed by atoms with E-state index in [4.69, 9.17) is 19.6 Å². The van der Waals surface area contributed by atoms with Gasteiger partial charge in [-0.05, 0) is 52.7 Å². The summed E-state index contributed by atoms with van der Waals surface area (Å²) in [5.74, 6) is -0.409. The van der Waals surface area contributed by atoms with Crippen LogP contribution in [0.5, 0.6) is 6.08 Å². The van der Waals surface area contributed by atoms with Gasteiger partial charge < -0.3 is 24.5 Å². The largest absolute Gasteiger partial charge is 0.450 e. The van der Waals surface area contributed by atoms with Crippen LogP contribution in [-0.4, -0.2) is 47.1 Å². The Labute approximate surface area is 175 Å². The van der Waals surface area contributed by atoms with Gasteiger partial charge in [-0.15, -0.1) is 0 Å². The van der Waals surface area contributed by atoms with E-state index in [1.165, 1.54) is 18.0 Å². The van der Waals surface area contributed by atoms with Crippen molar-refractivity contribution in [3.63, 3.8) is 0 Å². The summed E-state index contributed by atoms with van der Waals surface area (Å²) >= 11 is 0. The normalized spacial score (nSPS) is 12.5. The Balaban J connectivity index is 2.55. The van der Waals surface area contributed by atoms with Crippen LogP contribution in [0.3, 0.4) is 0 Å². The molecule has 0 spiro atoms. The van der Waals surface area contributed by atoms with Crippen molar-refractivity contribution in [2.24, 2.45) is 0 Å². The highest BCUT2D eigenvalue weighted by molar-refractivity contribution is 6.10. The first-order valence-electron chi connectivity index (χ1n) is 9.80. The topological polar surface area (TPSA) is 125 Å². The fraction of sp³-hybridized carbons (Fsp3) is 0.524. The number of benzene rings is 1. The van der Waals surface area contributed by atoms with Crippen LogP contribution in [0.4, 0.5) is 10.5 Å². The molecule has 1 aromatic carbocycles. The summed E-state index contributed by atoms with van der Waals surface area (Å²) in [5, 5.41) is 0.172. The zero-order chi connectivity index (χ0) is 22.8. The summed E-state index contributed by atoms with van der Waals surface area (Å²) in [6.07, 6.45) is -0.455. The van der Waals surface area contributed by atoms with Crippen LogP contribution in [-0.2, 0) is 11.2 Å². The van der Waals surface area contributed by atoms with E-state index in [9.17, 15) is 14.4 Å². The molecule has 1 amide bonds. The first kappa shape index (κ1) is 23.2. The standard InChI is InChI=1S/C21H29N3O6/c1-8-12-15(17(25)11(3)24(7)20(27)30-21(4,5)6)13(22)10-14-16(12)18(26)29-19(23-14)28-9-2/h10-11H,8-9,22H2,1-7H3. The maximum absolute atomic E-state index is 13.3. The number of hydrogen-bond acceptors (Lipinski definition) is 8. The molecule has 9 nitrogen and oxygen atoms in total. The van der Waals surface area contributed by atoms with Gasteiger partial charge in [0.2, 0.25) is 0 Å². The second kappa shape index (κ2) is 8.73. The number of fused-ring (bicyclic) bond motifs is 1. The highest BCUT2D eigenvalue weighted by atomic mass is 16.6. The molecule has 30 heavy (non-hydrogen) atoms. The molecule has 1 unspecified atom stereocenters. The molecule has 0 aliphatic heterocycles. The maximum atomic E-state index is 13.3. The minimum atomic E-state index is -0.868. The molecule has 2 N–H and O–H groups in total. The molecule has 0 aliphatic rings. The number of carbonyl (C=O) groups is 2. The van der Waals surface area contributed by atoms with Gasteiger partial charge in [0, 0.05) is 18.3 Å². The third-order valence-corrected chi connectivity index (χ3v) is 4.55. The first-order valence-corrected chi connectivity index (χ1v) is 9.80. The lowest BCUT2D eigenvalue weighted by molar-refractivity contribution is 0.0231. The van der Waals surface area contributed by atoms with Crippen molar-refractivity contribution in [1.82, 2.24) is 9.88 Å². The van der Waals surface area contributed by atoms with Crippen molar-refractivity contribution in [2.45, 2.75) is 59.6 Å². The van der Waals surface area contributed by atoms with Gasteiger partial charge >= 0.3 is 17.8 Å². The molecule has 0 saturated carbocycles. The van der Waals surface area contributed by atoms with Crippen molar-refractivity contribution < 1.29 is 23.5 Å². The van der Waals surface area contributed by atoms with Crippen LogP contribution < -0.4 is 16.1 Å². The molecule has 0 bridgehead atoms. The van der Waals surface area contributed by atoms with Crippen molar-refractivity contribution in [2.75, 3.05) is 19.4 Å². The molecule has 9 heteroatoms. The monoisotopic (exact) mass is 419 g/mol.